The van der Waals surface area contributed by atoms with Gasteiger partial charge in [-0.1, -0.05) is 0 Å². The highest BCUT2D eigenvalue weighted by Crippen LogP contribution is 2.34. The highest BCUT2D eigenvalue weighted by atomic mass is 19.4. The van der Waals surface area contributed by atoms with Crippen LogP contribution in [0.4, 0.5) is 24.5 Å². The summed E-state index contributed by atoms with van der Waals surface area (Å²) in [6.07, 6.45) is -4.76. The van der Waals surface area contributed by atoms with Crippen LogP contribution in [-0.2, 0) is 4.79 Å². The SMILES string of the molecule is C[C@H](Nc1ccc2c(c1)OCO2)C(=O)Nc1ccc(OC(F)(F)F)cc1. The summed E-state index contributed by atoms with van der Waals surface area (Å²) in [5.41, 5.74) is 1.02. The van der Waals surface area contributed by atoms with Crippen molar-refractivity contribution < 1.29 is 32.2 Å². The van der Waals surface area contributed by atoms with Crippen molar-refractivity contribution in [3.8, 4) is 17.2 Å². The number of alkyl halides is 3. The number of nitrogens with one attached hydrogen (secondary N) is 2. The lowest BCUT2D eigenvalue weighted by Crippen LogP contribution is -2.31. The largest absolute Gasteiger partial charge is 0.573 e. The van der Waals surface area contributed by atoms with Crippen LogP contribution in [0.5, 0.6) is 17.2 Å². The second-order valence-electron chi connectivity index (χ2n) is 5.50. The molecule has 0 aliphatic carbocycles. The average molecular weight is 368 g/mol. The molecule has 1 amide bonds. The number of rotatable bonds is 5. The lowest BCUT2D eigenvalue weighted by Gasteiger charge is -2.16. The smallest absolute Gasteiger partial charge is 0.454 e. The first-order valence-corrected chi connectivity index (χ1v) is 7.63. The van der Waals surface area contributed by atoms with Crippen LogP contribution in [-0.4, -0.2) is 25.1 Å². The quantitative estimate of drug-likeness (QED) is 0.841. The number of halogens is 3. The number of benzene rings is 2. The van der Waals surface area contributed by atoms with E-state index in [-0.39, 0.29) is 18.4 Å². The summed E-state index contributed by atoms with van der Waals surface area (Å²) < 4.78 is 50.7. The predicted molar refractivity (Wildman–Crippen MR) is 87.4 cm³/mol. The van der Waals surface area contributed by atoms with Crippen LogP contribution in [0.25, 0.3) is 0 Å². The summed E-state index contributed by atoms with van der Waals surface area (Å²) in [5, 5.41) is 5.62. The molecule has 0 saturated carbocycles. The molecule has 0 fully saturated rings. The molecular formula is C17H15F3N2O4. The van der Waals surface area contributed by atoms with Crippen molar-refractivity contribution in [2.24, 2.45) is 0 Å². The van der Waals surface area contributed by atoms with E-state index in [1.165, 1.54) is 12.1 Å². The van der Waals surface area contributed by atoms with Gasteiger partial charge in [-0.2, -0.15) is 0 Å². The molecule has 2 aromatic rings. The lowest BCUT2D eigenvalue weighted by molar-refractivity contribution is -0.274. The molecule has 1 aliphatic heterocycles. The molecule has 3 rings (SSSR count). The summed E-state index contributed by atoms with van der Waals surface area (Å²) in [7, 11) is 0. The van der Waals surface area contributed by atoms with Crippen LogP contribution < -0.4 is 24.8 Å². The van der Waals surface area contributed by atoms with E-state index in [0.29, 0.717) is 22.9 Å². The van der Waals surface area contributed by atoms with E-state index in [2.05, 4.69) is 15.4 Å². The van der Waals surface area contributed by atoms with Gasteiger partial charge in [0.2, 0.25) is 12.7 Å². The standard InChI is InChI=1S/C17H15F3N2O4/c1-10(21-12-4-7-14-15(8-12)25-9-24-14)16(23)22-11-2-5-13(6-3-11)26-17(18,19)20/h2-8,10,21H,9H2,1H3,(H,22,23)/t10-/m0/s1. The molecule has 0 bridgehead atoms. The monoisotopic (exact) mass is 368 g/mol. The molecule has 2 N–H and O–H groups in total. The average Bonchev–Trinajstić information content (AvgIpc) is 3.03. The summed E-state index contributed by atoms with van der Waals surface area (Å²) in [5.74, 6) is 0.505. The van der Waals surface area contributed by atoms with E-state index in [9.17, 15) is 18.0 Å². The molecular weight excluding hydrogens is 353 g/mol. The molecule has 26 heavy (non-hydrogen) atoms. The first kappa shape index (κ1) is 17.7. The van der Waals surface area contributed by atoms with Crippen molar-refractivity contribution in [3.63, 3.8) is 0 Å². The number of carbonyl (C=O) groups is 1. The van der Waals surface area contributed by atoms with Crippen molar-refractivity contribution in [1.82, 2.24) is 0 Å². The normalized spacial score (nSPS) is 13.8. The van der Waals surface area contributed by atoms with Gasteiger partial charge in [-0.25, -0.2) is 0 Å². The van der Waals surface area contributed by atoms with Gasteiger partial charge < -0.3 is 24.8 Å². The lowest BCUT2D eigenvalue weighted by atomic mass is 10.2. The van der Waals surface area contributed by atoms with E-state index in [1.807, 2.05) is 0 Å². The molecule has 0 spiro atoms. The first-order chi connectivity index (χ1) is 12.3. The minimum atomic E-state index is -4.76. The number of hydrogen-bond acceptors (Lipinski definition) is 5. The summed E-state index contributed by atoms with van der Waals surface area (Å²) >= 11 is 0. The Bertz CT molecular complexity index is 794. The maximum absolute atomic E-state index is 12.2. The zero-order chi connectivity index (χ0) is 18.7. The Hall–Kier alpha value is -3.10. The minimum Gasteiger partial charge on any atom is -0.454 e. The van der Waals surface area contributed by atoms with Crippen LogP contribution in [0.15, 0.2) is 42.5 Å². The number of fused-ring (bicyclic) bond motifs is 1. The minimum absolute atomic E-state index is 0.156. The molecule has 1 aliphatic rings. The third-order valence-corrected chi connectivity index (χ3v) is 3.50. The fraction of sp³-hybridized carbons (Fsp3) is 0.235. The van der Waals surface area contributed by atoms with Crippen LogP contribution in [0.2, 0.25) is 0 Å². The molecule has 1 heterocycles. The third kappa shape index (κ3) is 4.50. The van der Waals surface area contributed by atoms with Crippen molar-refractivity contribution >= 4 is 17.3 Å². The number of amides is 1. The fourth-order valence-electron chi connectivity index (χ4n) is 2.29. The Kier molecular flexibility index (Phi) is 4.79. The van der Waals surface area contributed by atoms with Crippen molar-refractivity contribution in [2.75, 3.05) is 17.4 Å². The topological polar surface area (TPSA) is 68.8 Å². The van der Waals surface area contributed by atoms with E-state index in [4.69, 9.17) is 9.47 Å². The highest BCUT2D eigenvalue weighted by Gasteiger charge is 2.31. The van der Waals surface area contributed by atoms with Gasteiger partial charge in [0.1, 0.15) is 11.8 Å². The van der Waals surface area contributed by atoms with Gasteiger partial charge in [-0.15, -0.1) is 13.2 Å². The Morgan fingerprint density at radius 2 is 1.73 bits per heavy atom. The van der Waals surface area contributed by atoms with Gasteiger partial charge in [0, 0.05) is 17.4 Å². The Morgan fingerprint density at radius 3 is 2.42 bits per heavy atom. The molecule has 0 saturated heterocycles. The number of anilines is 2. The fourth-order valence-corrected chi connectivity index (χ4v) is 2.29. The predicted octanol–water partition coefficient (Wildman–Crippen LogP) is 3.75. The molecule has 138 valence electrons. The van der Waals surface area contributed by atoms with Gasteiger partial charge >= 0.3 is 6.36 Å². The maximum atomic E-state index is 12.2. The van der Waals surface area contributed by atoms with Crippen molar-refractivity contribution in [3.05, 3.63) is 42.5 Å². The van der Waals surface area contributed by atoms with E-state index < -0.39 is 12.4 Å². The van der Waals surface area contributed by atoms with Crippen LogP contribution in [0.3, 0.4) is 0 Å². The molecule has 2 aromatic carbocycles. The van der Waals surface area contributed by atoms with Crippen molar-refractivity contribution in [2.45, 2.75) is 19.3 Å². The van der Waals surface area contributed by atoms with E-state index >= 15 is 0 Å². The zero-order valence-electron chi connectivity index (χ0n) is 13.6. The molecule has 0 aromatic heterocycles. The molecule has 6 nitrogen and oxygen atoms in total. The Labute approximate surface area is 146 Å². The molecule has 1 atom stereocenters. The van der Waals surface area contributed by atoms with Gasteiger partial charge in [0.25, 0.3) is 0 Å². The summed E-state index contributed by atoms with van der Waals surface area (Å²) in [6.45, 7) is 1.81. The number of hydrogen-bond donors (Lipinski definition) is 2. The van der Waals surface area contributed by atoms with Crippen LogP contribution >= 0.6 is 0 Å². The van der Waals surface area contributed by atoms with Crippen LogP contribution in [0, 0.1) is 0 Å². The van der Waals surface area contributed by atoms with Gasteiger partial charge in [0.15, 0.2) is 11.5 Å². The van der Waals surface area contributed by atoms with Gasteiger partial charge in [0.05, 0.1) is 0 Å². The van der Waals surface area contributed by atoms with E-state index in [0.717, 1.165) is 12.1 Å². The Morgan fingerprint density at radius 1 is 1.08 bits per heavy atom. The summed E-state index contributed by atoms with van der Waals surface area (Å²) in [4.78, 5) is 12.2. The molecule has 9 heteroatoms. The third-order valence-electron chi connectivity index (χ3n) is 3.50. The maximum Gasteiger partial charge on any atom is 0.573 e. The number of carbonyl (C=O) groups excluding carboxylic acids is 1. The zero-order valence-corrected chi connectivity index (χ0v) is 13.6. The first-order valence-electron chi connectivity index (χ1n) is 7.63. The van der Waals surface area contributed by atoms with Crippen LogP contribution in [0.1, 0.15) is 6.92 Å². The number of ether oxygens (including phenoxy) is 3. The van der Waals surface area contributed by atoms with E-state index in [1.54, 1.807) is 25.1 Å². The second-order valence-corrected chi connectivity index (χ2v) is 5.50. The van der Waals surface area contributed by atoms with Gasteiger partial charge in [-0.05, 0) is 43.3 Å². The summed E-state index contributed by atoms with van der Waals surface area (Å²) in [6, 6.07) is 9.50. The van der Waals surface area contributed by atoms with Crippen molar-refractivity contribution in [1.29, 1.82) is 0 Å². The highest BCUT2D eigenvalue weighted by molar-refractivity contribution is 5.96. The second kappa shape index (κ2) is 7.03. The molecule has 0 unspecified atom stereocenters. The van der Waals surface area contributed by atoms with Gasteiger partial charge in [-0.3, -0.25) is 4.79 Å². The Balaban J connectivity index is 1.57. The molecule has 0 radical (unpaired) electrons.